The highest BCUT2D eigenvalue weighted by molar-refractivity contribution is 7.09. The van der Waals surface area contributed by atoms with E-state index in [2.05, 4.69) is 28.3 Å². The smallest absolute Gasteiger partial charge is 0.351 e. The summed E-state index contributed by atoms with van der Waals surface area (Å²) in [5, 5.41) is 0. The molecule has 2 rings (SSSR count). The van der Waals surface area contributed by atoms with E-state index in [1.807, 2.05) is 0 Å². The molecule has 0 spiro atoms. The molecule has 18 heavy (non-hydrogen) atoms. The molecule has 0 radical (unpaired) electrons. The van der Waals surface area contributed by atoms with Gasteiger partial charge in [0.2, 0.25) is 0 Å². The Labute approximate surface area is 108 Å². The van der Waals surface area contributed by atoms with Crippen molar-refractivity contribution in [2.24, 2.45) is 11.8 Å². The Kier molecular flexibility index (Phi) is 4.00. The maximum Gasteiger partial charge on any atom is 0.351 e. The fourth-order valence-corrected chi connectivity index (χ4v) is 2.44. The van der Waals surface area contributed by atoms with Gasteiger partial charge in [-0.3, -0.25) is 4.57 Å². The van der Waals surface area contributed by atoms with Crippen molar-refractivity contribution in [1.29, 1.82) is 0 Å². The van der Waals surface area contributed by atoms with Gasteiger partial charge in [0.05, 0.1) is 12.7 Å². The maximum absolute atomic E-state index is 11.8. The van der Waals surface area contributed by atoms with Crippen molar-refractivity contribution < 1.29 is 9.26 Å². The predicted molar refractivity (Wildman–Crippen MR) is 70.8 cm³/mol. The van der Waals surface area contributed by atoms with E-state index in [1.165, 1.54) is 4.57 Å². The molecule has 1 aromatic rings. The first-order chi connectivity index (χ1) is 8.54. The van der Waals surface area contributed by atoms with Gasteiger partial charge in [-0.15, -0.1) is 0 Å². The van der Waals surface area contributed by atoms with Crippen LogP contribution in [-0.2, 0) is 9.26 Å². The lowest BCUT2D eigenvalue weighted by Gasteiger charge is -2.18. The number of hydrogen-bond donors (Lipinski definition) is 1. The average molecular weight is 271 g/mol. The van der Waals surface area contributed by atoms with Crippen LogP contribution in [0.5, 0.6) is 0 Å². The number of nitrogen functional groups attached to an aromatic ring is 1. The number of hydrogen-bond acceptors (Lipinski definition) is 5. The summed E-state index contributed by atoms with van der Waals surface area (Å²) >= 11 is 0. The van der Waals surface area contributed by atoms with Gasteiger partial charge in [-0.05, 0) is 12.0 Å². The van der Waals surface area contributed by atoms with Gasteiger partial charge in [-0.2, -0.15) is 4.98 Å². The minimum absolute atomic E-state index is 0.0213. The zero-order valence-electron chi connectivity index (χ0n) is 10.4. The fourth-order valence-electron chi connectivity index (χ4n) is 2.25. The minimum atomic E-state index is -0.383. The number of rotatable bonds is 3. The molecule has 0 aliphatic carbocycles. The Morgan fingerprint density at radius 3 is 2.89 bits per heavy atom. The van der Waals surface area contributed by atoms with E-state index in [0.29, 0.717) is 12.5 Å². The van der Waals surface area contributed by atoms with Crippen LogP contribution in [-0.4, -0.2) is 22.3 Å². The first-order valence-corrected chi connectivity index (χ1v) is 6.33. The summed E-state index contributed by atoms with van der Waals surface area (Å²) in [7, 11) is 2.22. The second kappa shape index (κ2) is 5.34. The monoisotopic (exact) mass is 271 g/mol. The van der Waals surface area contributed by atoms with Gasteiger partial charge in [-0.1, -0.05) is 13.8 Å². The molecule has 5 unspecified atom stereocenters. The Bertz CT molecular complexity index is 479. The van der Waals surface area contributed by atoms with Crippen molar-refractivity contribution in [3.63, 3.8) is 0 Å². The molecule has 2 N–H and O–H groups in total. The van der Waals surface area contributed by atoms with Crippen molar-refractivity contribution in [3.8, 4) is 0 Å². The summed E-state index contributed by atoms with van der Waals surface area (Å²) < 4.78 is 12.4. The van der Waals surface area contributed by atoms with Gasteiger partial charge >= 0.3 is 5.69 Å². The molecule has 1 aliphatic heterocycles. The third kappa shape index (κ3) is 2.41. The summed E-state index contributed by atoms with van der Waals surface area (Å²) in [5.41, 5.74) is 5.09. The lowest BCUT2D eigenvalue weighted by atomic mass is 9.93. The maximum atomic E-state index is 11.8. The normalized spacial score (nSPS) is 31.7. The molecule has 7 heteroatoms. The highest BCUT2D eigenvalue weighted by Gasteiger charge is 2.40. The average Bonchev–Trinajstić information content (AvgIpc) is 2.58. The summed E-state index contributed by atoms with van der Waals surface area (Å²) in [6, 6.07) is 1.60. The SMILES string of the molecule is CC1C(COP)OC(n2ccc(N)nc2=O)C1C. The van der Waals surface area contributed by atoms with Crippen LogP contribution in [0, 0.1) is 11.8 Å². The van der Waals surface area contributed by atoms with E-state index < -0.39 is 0 Å². The topological polar surface area (TPSA) is 79.4 Å². The van der Waals surface area contributed by atoms with Gasteiger partial charge in [0.1, 0.15) is 12.0 Å². The molecule has 5 atom stereocenters. The fraction of sp³-hybridized carbons (Fsp3) is 0.636. The van der Waals surface area contributed by atoms with Crippen LogP contribution < -0.4 is 11.4 Å². The molecule has 1 aliphatic rings. The minimum Gasteiger partial charge on any atom is -0.383 e. The zero-order chi connectivity index (χ0) is 13.3. The quantitative estimate of drug-likeness (QED) is 0.823. The van der Waals surface area contributed by atoms with Crippen molar-refractivity contribution in [2.45, 2.75) is 26.2 Å². The van der Waals surface area contributed by atoms with E-state index >= 15 is 0 Å². The Hall–Kier alpha value is -0.970. The van der Waals surface area contributed by atoms with Crippen molar-refractivity contribution in [2.75, 3.05) is 12.3 Å². The lowest BCUT2D eigenvalue weighted by molar-refractivity contribution is -0.0307. The molecule has 6 nitrogen and oxygen atoms in total. The number of nitrogens with two attached hydrogens (primary N) is 1. The third-order valence-corrected chi connectivity index (χ3v) is 3.76. The number of ether oxygens (including phenoxy) is 1. The van der Waals surface area contributed by atoms with Gasteiger partial charge in [0, 0.05) is 21.6 Å². The lowest BCUT2D eigenvalue weighted by Crippen LogP contribution is -2.29. The zero-order valence-corrected chi connectivity index (χ0v) is 11.6. The Morgan fingerprint density at radius 2 is 2.28 bits per heavy atom. The van der Waals surface area contributed by atoms with Crippen LogP contribution in [0.25, 0.3) is 0 Å². The summed E-state index contributed by atoms with van der Waals surface area (Å²) in [5.74, 6) is 0.734. The standard InChI is InChI=1S/C11H18N3O3P/c1-6-7(2)10(17-8(6)5-16-18)14-4-3-9(12)13-11(14)15/h3-4,6-8,10H,5,18H2,1-2H3,(H2,12,13,15). The summed E-state index contributed by atoms with van der Waals surface area (Å²) in [6.45, 7) is 4.64. The summed E-state index contributed by atoms with van der Waals surface area (Å²) in [4.78, 5) is 15.5. The van der Waals surface area contributed by atoms with E-state index in [9.17, 15) is 4.79 Å². The van der Waals surface area contributed by atoms with E-state index in [-0.39, 0.29) is 29.8 Å². The van der Waals surface area contributed by atoms with Gasteiger partial charge < -0.3 is 15.0 Å². The van der Waals surface area contributed by atoms with E-state index in [1.54, 1.807) is 12.3 Å². The second-order valence-electron chi connectivity index (χ2n) is 4.66. The number of aromatic nitrogens is 2. The van der Waals surface area contributed by atoms with Crippen LogP contribution in [0.1, 0.15) is 20.1 Å². The Balaban J connectivity index is 2.26. The molecular formula is C11H18N3O3P. The number of anilines is 1. The first kappa shape index (κ1) is 13.5. The van der Waals surface area contributed by atoms with Gasteiger partial charge in [0.15, 0.2) is 0 Å². The van der Waals surface area contributed by atoms with Crippen molar-refractivity contribution >= 4 is 15.3 Å². The third-order valence-electron chi connectivity index (χ3n) is 3.57. The first-order valence-electron chi connectivity index (χ1n) is 5.86. The van der Waals surface area contributed by atoms with Crippen molar-refractivity contribution in [3.05, 3.63) is 22.7 Å². The Morgan fingerprint density at radius 1 is 1.56 bits per heavy atom. The van der Waals surface area contributed by atoms with Crippen molar-refractivity contribution in [1.82, 2.24) is 9.55 Å². The number of nitrogens with zero attached hydrogens (tertiary/aromatic N) is 2. The second-order valence-corrected chi connectivity index (χ2v) is 4.99. The molecule has 0 aromatic carbocycles. The van der Waals surface area contributed by atoms with Crippen LogP contribution in [0.4, 0.5) is 5.82 Å². The molecule has 0 amide bonds. The molecule has 1 fully saturated rings. The van der Waals surface area contributed by atoms with Gasteiger partial charge in [0.25, 0.3) is 0 Å². The highest BCUT2D eigenvalue weighted by atomic mass is 31.0. The predicted octanol–water partition coefficient (Wildman–Crippen LogP) is 0.802. The van der Waals surface area contributed by atoms with Crippen LogP contribution in [0.3, 0.4) is 0 Å². The summed E-state index contributed by atoms with van der Waals surface area (Å²) in [6.07, 6.45) is 1.29. The highest BCUT2D eigenvalue weighted by Crippen LogP contribution is 2.38. The molecule has 1 aromatic heterocycles. The largest absolute Gasteiger partial charge is 0.383 e. The molecule has 0 bridgehead atoms. The van der Waals surface area contributed by atoms with Crippen LogP contribution >= 0.6 is 9.47 Å². The van der Waals surface area contributed by atoms with E-state index in [0.717, 1.165) is 0 Å². The van der Waals surface area contributed by atoms with Gasteiger partial charge in [-0.25, -0.2) is 4.79 Å². The van der Waals surface area contributed by atoms with E-state index in [4.69, 9.17) is 15.0 Å². The molecular weight excluding hydrogens is 253 g/mol. The molecule has 0 saturated carbocycles. The molecule has 2 heterocycles. The molecule has 1 saturated heterocycles. The molecule has 100 valence electrons. The van der Waals surface area contributed by atoms with Crippen LogP contribution in [0.2, 0.25) is 0 Å². The van der Waals surface area contributed by atoms with Crippen LogP contribution in [0.15, 0.2) is 17.1 Å².